The van der Waals surface area contributed by atoms with Crippen LogP contribution in [0.25, 0.3) is 0 Å². The van der Waals surface area contributed by atoms with Crippen molar-refractivity contribution in [2.75, 3.05) is 99.1 Å². The summed E-state index contributed by atoms with van der Waals surface area (Å²) in [6.07, 6.45) is 2.24. The van der Waals surface area contributed by atoms with Crippen molar-refractivity contribution in [2.24, 2.45) is 0 Å². The van der Waals surface area contributed by atoms with Gasteiger partial charge >= 0.3 is 5.97 Å². The van der Waals surface area contributed by atoms with Crippen LogP contribution in [0.1, 0.15) is 30.1 Å². The summed E-state index contributed by atoms with van der Waals surface area (Å²) < 4.78 is 43.0. The minimum atomic E-state index is -0.349. The molecule has 0 aliphatic rings. The van der Waals surface area contributed by atoms with Gasteiger partial charge in [0.05, 0.1) is 91.5 Å². The Morgan fingerprint density at radius 1 is 0.529 bits per heavy atom. The van der Waals surface area contributed by atoms with Crippen molar-refractivity contribution in [3.05, 3.63) is 35.9 Å². The zero-order valence-corrected chi connectivity index (χ0v) is 20.6. The summed E-state index contributed by atoms with van der Waals surface area (Å²) in [5.41, 5.74) is 0.532. The first-order valence-electron chi connectivity index (χ1n) is 12.1. The van der Waals surface area contributed by atoms with Crippen molar-refractivity contribution < 1.29 is 42.7 Å². The first-order valence-corrected chi connectivity index (χ1v) is 12.1. The molecule has 1 aromatic rings. The van der Waals surface area contributed by atoms with Gasteiger partial charge in [-0.2, -0.15) is 0 Å². The van der Waals surface area contributed by atoms with E-state index in [4.69, 9.17) is 37.9 Å². The van der Waals surface area contributed by atoms with Gasteiger partial charge in [0, 0.05) is 6.61 Å². The van der Waals surface area contributed by atoms with Crippen molar-refractivity contribution in [2.45, 2.75) is 19.8 Å². The summed E-state index contributed by atoms with van der Waals surface area (Å²) in [6, 6.07) is 8.87. The van der Waals surface area contributed by atoms with Crippen LogP contribution in [-0.4, -0.2) is 105 Å². The standard InChI is InChI=1S/C25H42O9/c1-2-3-9-27-10-11-28-12-13-29-14-15-30-16-17-31-18-19-32-20-21-33-22-23-34-25(26)24-7-5-4-6-8-24/h4-8H,2-3,9-23H2,1H3. The highest BCUT2D eigenvalue weighted by Gasteiger charge is 2.05. The van der Waals surface area contributed by atoms with Crippen molar-refractivity contribution in [3.8, 4) is 0 Å². The van der Waals surface area contributed by atoms with Crippen LogP contribution < -0.4 is 0 Å². The molecule has 0 aromatic heterocycles. The van der Waals surface area contributed by atoms with Crippen LogP contribution in [-0.2, 0) is 37.9 Å². The Morgan fingerprint density at radius 2 is 0.882 bits per heavy atom. The zero-order chi connectivity index (χ0) is 24.4. The minimum absolute atomic E-state index is 0.213. The van der Waals surface area contributed by atoms with Gasteiger partial charge in [-0.05, 0) is 18.6 Å². The Kier molecular flexibility index (Phi) is 22.0. The predicted octanol–water partition coefficient (Wildman–Crippen LogP) is 2.76. The molecule has 0 aliphatic carbocycles. The molecule has 0 N–H and O–H groups in total. The van der Waals surface area contributed by atoms with Gasteiger partial charge in [-0.3, -0.25) is 0 Å². The average molecular weight is 487 g/mol. The molecule has 0 bridgehead atoms. The van der Waals surface area contributed by atoms with E-state index in [1.807, 2.05) is 6.07 Å². The highest BCUT2D eigenvalue weighted by atomic mass is 16.6. The normalized spacial score (nSPS) is 11.1. The number of unbranched alkanes of at least 4 members (excludes halogenated alkanes) is 1. The average Bonchev–Trinajstić information content (AvgIpc) is 2.87. The van der Waals surface area contributed by atoms with Gasteiger partial charge in [0.25, 0.3) is 0 Å². The Labute approximate surface area is 203 Å². The van der Waals surface area contributed by atoms with E-state index >= 15 is 0 Å². The molecule has 1 rings (SSSR count). The molecule has 0 unspecified atom stereocenters. The minimum Gasteiger partial charge on any atom is -0.460 e. The van der Waals surface area contributed by atoms with E-state index < -0.39 is 0 Å². The maximum atomic E-state index is 11.7. The van der Waals surface area contributed by atoms with Crippen molar-refractivity contribution in [1.82, 2.24) is 0 Å². The summed E-state index contributed by atoms with van der Waals surface area (Å²) in [5.74, 6) is -0.349. The molecule has 9 nitrogen and oxygen atoms in total. The topological polar surface area (TPSA) is 90.9 Å². The van der Waals surface area contributed by atoms with Crippen molar-refractivity contribution >= 4 is 5.97 Å². The lowest BCUT2D eigenvalue weighted by molar-refractivity contribution is -0.0223. The Balaban J connectivity index is 1.68. The van der Waals surface area contributed by atoms with Crippen LogP contribution in [0.15, 0.2) is 30.3 Å². The summed E-state index contributed by atoms with van der Waals surface area (Å²) in [7, 11) is 0. The number of carbonyl (C=O) groups is 1. The first-order chi connectivity index (χ1) is 16.8. The fourth-order valence-electron chi connectivity index (χ4n) is 2.52. The lowest BCUT2D eigenvalue weighted by Crippen LogP contribution is -2.15. The molecule has 0 amide bonds. The maximum Gasteiger partial charge on any atom is 0.338 e. The molecular formula is C25H42O9. The van der Waals surface area contributed by atoms with Crippen molar-refractivity contribution in [3.63, 3.8) is 0 Å². The van der Waals surface area contributed by atoms with Crippen LogP contribution >= 0.6 is 0 Å². The number of ether oxygens (including phenoxy) is 8. The van der Waals surface area contributed by atoms with E-state index in [0.717, 1.165) is 19.4 Å². The summed E-state index contributed by atoms with van der Waals surface area (Å²) in [4.78, 5) is 11.7. The van der Waals surface area contributed by atoms with Gasteiger partial charge in [-0.1, -0.05) is 31.5 Å². The van der Waals surface area contributed by atoms with Gasteiger partial charge < -0.3 is 37.9 Å². The first kappa shape index (κ1) is 30.4. The molecule has 0 saturated carbocycles. The molecule has 1 aromatic carbocycles. The third kappa shape index (κ3) is 19.8. The number of benzene rings is 1. The van der Waals surface area contributed by atoms with E-state index in [0.29, 0.717) is 91.5 Å². The number of hydrogen-bond donors (Lipinski definition) is 0. The van der Waals surface area contributed by atoms with Gasteiger partial charge in [-0.25, -0.2) is 4.79 Å². The largest absolute Gasteiger partial charge is 0.460 e. The number of carbonyl (C=O) groups excluding carboxylic acids is 1. The fourth-order valence-corrected chi connectivity index (χ4v) is 2.52. The summed E-state index contributed by atoms with van der Waals surface area (Å²) in [6.45, 7) is 9.79. The monoisotopic (exact) mass is 486 g/mol. The van der Waals surface area contributed by atoms with E-state index in [1.54, 1.807) is 24.3 Å². The molecule has 0 spiro atoms. The molecule has 0 saturated heterocycles. The van der Waals surface area contributed by atoms with Crippen LogP contribution in [0.4, 0.5) is 0 Å². The fraction of sp³-hybridized carbons (Fsp3) is 0.720. The SMILES string of the molecule is CCCCOCCOCCOCCOCCOCCOCCOCCOC(=O)c1ccccc1. The van der Waals surface area contributed by atoms with E-state index in [2.05, 4.69) is 6.92 Å². The molecule has 0 aliphatic heterocycles. The second-order valence-electron chi connectivity index (χ2n) is 7.14. The van der Waals surface area contributed by atoms with Gasteiger partial charge in [-0.15, -0.1) is 0 Å². The van der Waals surface area contributed by atoms with Crippen LogP contribution in [0.2, 0.25) is 0 Å². The lowest BCUT2D eigenvalue weighted by Gasteiger charge is -2.08. The highest BCUT2D eigenvalue weighted by Crippen LogP contribution is 2.00. The third-order valence-electron chi connectivity index (χ3n) is 4.34. The quantitative estimate of drug-likeness (QED) is 0.153. The number of esters is 1. The summed E-state index contributed by atoms with van der Waals surface area (Å²) >= 11 is 0. The summed E-state index contributed by atoms with van der Waals surface area (Å²) in [5, 5.41) is 0. The smallest absolute Gasteiger partial charge is 0.338 e. The third-order valence-corrected chi connectivity index (χ3v) is 4.34. The predicted molar refractivity (Wildman–Crippen MR) is 127 cm³/mol. The highest BCUT2D eigenvalue weighted by molar-refractivity contribution is 5.89. The lowest BCUT2D eigenvalue weighted by atomic mass is 10.2. The Bertz CT molecular complexity index is 557. The Hall–Kier alpha value is -1.59. The van der Waals surface area contributed by atoms with Gasteiger partial charge in [0.15, 0.2) is 0 Å². The van der Waals surface area contributed by atoms with Crippen LogP contribution in [0.3, 0.4) is 0 Å². The molecule has 0 fully saturated rings. The van der Waals surface area contributed by atoms with Gasteiger partial charge in [0.1, 0.15) is 6.61 Å². The van der Waals surface area contributed by atoms with E-state index in [-0.39, 0.29) is 12.6 Å². The van der Waals surface area contributed by atoms with Crippen LogP contribution in [0.5, 0.6) is 0 Å². The molecular weight excluding hydrogens is 444 g/mol. The Morgan fingerprint density at radius 3 is 1.26 bits per heavy atom. The molecule has 9 heteroatoms. The molecule has 0 atom stereocenters. The van der Waals surface area contributed by atoms with Crippen molar-refractivity contribution in [1.29, 1.82) is 0 Å². The molecule has 34 heavy (non-hydrogen) atoms. The molecule has 196 valence electrons. The van der Waals surface area contributed by atoms with E-state index in [1.165, 1.54) is 0 Å². The maximum absolute atomic E-state index is 11.7. The molecule has 0 radical (unpaired) electrons. The second-order valence-corrected chi connectivity index (χ2v) is 7.14. The number of rotatable bonds is 25. The number of hydrogen-bond acceptors (Lipinski definition) is 9. The van der Waals surface area contributed by atoms with E-state index in [9.17, 15) is 4.79 Å². The second kappa shape index (κ2) is 24.5. The van der Waals surface area contributed by atoms with Gasteiger partial charge in [0.2, 0.25) is 0 Å². The zero-order valence-electron chi connectivity index (χ0n) is 20.6. The molecule has 0 heterocycles. The van der Waals surface area contributed by atoms with Crippen LogP contribution in [0, 0.1) is 0 Å².